The van der Waals surface area contributed by atoms with Gasteiger partial charge >= 0.3 is 0 Å². The van der Waals surface area contributed by atoms with Crippen molar-refractivity contribution in [2.75, 3.05) is 11.5 Å². The highest BCUT2D eigenvalue weighted by Crippen LogP contribution is 2.35. The highest BCUT2D eigenvalue weighted by atomic mass is 32.1. The number of amides is 1. The summed E-state index contributed by atoms with van der Waals surface area (Å²) in [6, 6.07) is 19.0. The van der Waals surface area contributed by atoms with E-state index in [0.717, 1.165) is 21.5 Å². The highest BCUT2D eigenvalue weighted by molar-refractivity contribution is 7.22. The van der Waals surface area contributed by atoms with Crippen molar-refractivity contribution < 1.29 is 13.9 Å². The minimum Gasteiger partial charge on any atom is -0.492 e. The van der Waals surface area contributed by atoms with E-state index in [4.69, 9.17) is 14.1 Å². The number of rotatable bonds is 6. The second-order valence-electron chi connectivity index (χ2n) is 5.89. The number of hydrogen-bond donors (Lipinski definition) is 0. The van der Waals surface area contributed by atoms with Crippen molar-refractivity contribution in [3.8, 4) is 5.75 Å². The lowest BCUT2D eigenvalue weighted by Gasteiger charge is -2.18. The second kappa shape index (κ2) is 7.63. The topological polar surface area (TPSA) is 55.6 Å². The molecule has 0 aliphatic carbocycles. The van der Waals surface area contributed by atoms with E-state index in [9.17, 15) is 4.79 Å². The molecule has 2 aromatic heterocycles. The molecule has 0 bridgehead atoms. The van der Waals surface area contributed by atoms with Gasteiger partial charge < -0.3 is 9.15 Å². The molecule has 0 N–H and O–H groups in total. The summed E-state index contributed by atoms with van der Waals surface area (Å²) in [5.74, 6) is 0.790. The standard InChI is InChI=1S/C21H18N2O3S/c1-2-25-16-10-6-12-18-19(16)22-21(27-18)23(14-15-8-4-3-5-9-15)20(24)17-11-7-13-26-17/h3-13H,2,14H2,1H3. The lowest BCUT2D eigenvalue weighted by molar-refractivity contribution is 0.0958. The van der Waals surface area contributed by atoms with E-state index in [0.29, 0.717) is 18.3 Å². The summed E-state index contributed by atoms with van der Waals surface area (Å²) < 4.78 is 12.0. The molecule has 5 nitrogen and oxygen atoms in total. The van der Waals surface area contributed by atoms with Crippen molar-refractivity contribution in [2.24, 2.45) is 0 Å². The molecule has 0 saturated heterocycles. The lowest BCUT2D eigenvalue weighted by Crippen LogP contribution is -2.30. The largest absolute Gasteiger partial charge is 0.492 e. The summed E-state index contributed by atoms with van der Waals surface area (Å²) in [5.41, 5.74) is 1.78. The molecule has 0 atom stereocenters. The fourth-order valence-corrected chi connectivity index (χ4v) is 3.81. The number of furan rings is 1. The molecule has 1 amide bonds. The van der Waals surface area contributed by atoms with Gasteiger partial charge in [0, 0.05) is 0 Å². The molecular weight excluding hydrogens is 360 g/mol. The molecule has 0 radical (unpaired) electrons. The molecule has 0 saturated carbocycles. The van der Waals surface area contributed by atoms with Gasteiger partial charge in [0.25, 0.3) is 5.91 Å². The van der Waals surface area contributed by atoms with Crippen LogP contribution in [0.4, 0.5) is 5.13 Å². The first-order valence-electron chi connectivity index (χ1n) is 8.68. The molecule has 0 spiro atoms. The van der Waals surface area contributed by atoms with E-state index in [2.05, 4.69) is 0 Å². The van der Waals surface area contributed by atoms with Gasteiger partial charge in [-0.1, -0.05) is 47.7 Å². The average Bonchev–Trinajstić information content (AvgIpc) is 3.37. The van der Waals surface area contributed by atoms with Gasteiger partial charge in [0.2, 0.25) is 0 Å². The quantitative estimate of drug-likeness (QED) is 0.466. The van der Waals surface area contributed by atoms with E-state index < -0.39 is 0 Å². The number of benzene rings is 2. The van der Waals surface area contributed by atoms with Crippen molar-refractivity contribution in [3.05, 3.63) is 78.3 Å². The third-order valence-corrected chi connectivity index (χ3v) is 5.11. The number of ether oxygens (including phenoxy) is 1. The van der Waals surface area contributed by atoms with Gasteiger partial charge in [0.05, 0.1) is 24.1 Å². The fourth-order valence-electron chi connectivity index (χ4n) is 2.82. The number of aromatic nitrogens is 1. The Balaban J connectivity index is 1.77. The number of nitrogens with zero attached hydrogens (tertiary/aromatic N) is 2. The Bertz CT molecular complexity index is 1040. The molecule has 136 valence electrons. The number of carbonyl (C=O) groups excluding carboxylic acids is 1. The van der Waals surface area contributed by atoms with E-state index in [1.807, 2.05) is 55.5 Å². The molecule has 4 aromatic rings. The summed E-state index contributed by atoms with van der Waals surface area (Å²) in [6.45, 7) is 2.91. The normalized spacial score (nSPS) is 10.9. The summed E-state index contributed by atoms with van der Waals surface area (Å²) in [7, 11) is 0. The molecule has 2 heterocycles. The van der Waals surface area contributed by atoms with E-state index in [1.165, 1.54) is 17.6 Å². The van der Waals surface area contributed by atoms with Gasteiger partial charge in [0.15, 0.2) is 10.9 Å². The summed E-state index contributed by atoms with van der Waals surface area (Å²) in [5, 5.41) is 0.613. The van der Waals surface area contributed by atoms with Crippen LogP contribution < -0.4 is 9.64 Å². The molecule has 2 aromatic carbocycles. The molecule has 0 fully saturated rings. The third-order valence-electron chi connectivity index (χ3n) is 4.06. The van der Waals surface area contributed by atoms with Crippen LogP contribution in [-0.2, 0) is 6.54 Å². The zero-order valence-corrected chi connectivity index (χ0v) is 15.6. The molecule has 0 aliphatic heterocycles. The lowest BCUT2D eigenvalue weighted by atomic mass is 10.2. The fraction of sp³-hybridized carbons (Fsp3) is 0.143. The third kappa shape index (κ3) is 3.57. The minimum atomic E-state index is -0.221. The maximum atomic E-state index is 13.1. The Kier molecular flexibility index (Phi) is 4.89. The van der Waals surface area contributed by atoms with Crippen LogP contribution in [0.3, 0.4) is 0 Å². The van der Waals surface area contributed by atoms with Crippen molar-refractivity contribution >= 4 is 32.6 Å². The number of fused-ring (bicyclic) bond motifs is 1. The Hall–Kier alpha value is -3.12. The summed E-state index contributed by atoms with van der Waals surface area (Å²) >= 11 is 1.46. The van der Waals surface area contributed by atoms with Crippen LogP contribution in [0.25, 0.3) is 10.2 Å². The van der Waals surface area contributed by atoms with Crippen molar-refractivity contribution in [3.63, 3.8) is 0 Å². The van der Waals surface area contributed by atoms with Crippen molar-refractivity contribution in [1.82, 2.24) is 4.98 Å². The van der Waals surface area contributed by atoms with Crippen molar-refractivity contribution in [2.45, 2.75) is 13.5 Å². The van der Waals surface area contributed by atoms with Gasteiger partial charge in [-0.25, -0.2) is 4.98 Å². The number of hydrogen-bond acceptors (Lipinski definition) is 5. The maximum Gasteiger partial charge on any atom is 0.296 e. The highest BCUT2D eigenvalue weighted by Gasteiger charge is 2.24. The van der Waals surface area contributed by atoms with E-state index in [-0.39, 0.29) is 11.7 Å². The first-order chi connectivity index (χ1) is 13.3. The van der Waals surface area contributed by atoms with Gasteiger partial charge in [-0.15, -0.1) is 0 Å². The SMILES string of the molecule is CCOc1cccc2sc(N(Cc3ccccc3)C(=O)c3ccco3)nc12. The average molecular weight is 378 g/mol. The van der Waals surface area contributed by atoms with Gasteiger partial charge in [-0.2, -0.15) is 0 Å². The first kappa shape index (κ1) is 17.3. The Labute approximate surface area is 160 Å². The first-order valence-corrected chi connectivity index (χ1v) is 9.49. The van der Waals surface area contributed by atoms with E-state index >= 15 is 0 Å². The van der Waals surface area contributed by atoms with Crippen LogP contribution in [0, 0.1) is 0 Å². The Morgan fingerprint density at radius 2 is 1.96 bits per heavy atom. The van der Waals surface area contributed by atoms with Gasteiger partial charge in [-0.3, -0.25) is 9.69 Å². The van der Waals surface area contributed by atoms with Crippen LogP contribution in [0.5, 0.6) is 5.75 Å². The van der Waals surface area contributed by atoms with Gasteiger partial charge in [0.1, 0.15) is 11.3 Å². The molecule has 0 aliphatic rings. The smallest absolute Gasteiger partial charge is 0.296 e. The molecule has 0 unspecified atom stereocenters. The number of carbonyl (C=O) groups is 1. The predicted molar refractivity (Wildman–Crippen MR) is 106 cm³/mol. The zero-order chi connectivity index (χ0) is 18.6. The monoisotopic (exact) mass is 378 g/mol. The summed E-state index contributed by atoms with van der Waals surface area (Å²) in [4.78, 5) is 19.4. The van der Waals surface area contributed by atoms with Crippen LogP contribution in [0.1, 0.15) is 23.0 Å². The Morgan fingerprint density at radius 1 is 1.11 bits per heavy atom. The van der Waals surface area contributed by atoms with Crippen molar-refractivity contribution in [1.29, 1.82) is 0 Å². The van der Waals surface area contributed by atoms with Crippen LogP contribution in [-0.4, -0.2) is 17.5 Å². The van der Waals surface area contributed by atoms with Crippen LogP contribution in [0.2, 0.25) is 0 Å². The van der Waals surface area contributed by atoms with Crippen LogP contribution in [0.15, 0.2) is 71.3 Å². The second-order valence-corrected chi connectivity index (χ2v) is 6.90. The predicted octanol–water partition coefficient (Wildman–Crippen LogP) is 5.14. The Morgan fingerprint density at radius 3 is 2.70 bits per heavy atom. The zero-order valence-electron chi connectivity index (χ0n) is 14.8. The number of anilines is 1. The van der Waals surface area contributed by atoms with Crippen LogP contribution >= 0.6 is 11.3 Å². The van der Waals surface area contributed by atoms with E-state index in [1.54, 1.807) is 17.0 Å². The van der Waals surface area contributed by atoms with Gasteiger partial charge in [-0.05, 0) is 36.8 Å². The molecule has 27 heavy (non-hydrogen) atoms. The summed E-state index contributed by atoms with van der Waals surface area (Å²) in [6.07, 6.45) is 1.50. The number of thiazole rings is 1. The molecular formula is C21H18N2O3S. The maximum absolute atomic E-state index is 13.1. The molecule has 6 heteroatoms. The minimum absolute atomic E-state index is 0.221. The molecule has 4 rings (SSSR count). The number of para-hydroxylation sites is 1.